The number of hydrogen-bond acceptors (Lipinski definition) is 6. The molecule has 0 unspecified atom stereocenters. The molecule has 1 amide bonds. The van der Waals surface area contributed by atoms with Crippen molar-refractivity contribution in [1.82, 2.24) is 0 Å². The van der Waals surface area contributed by atoms with Gasteiger partial charge in [0, 0.05) is 6.92 Å². The van der Waals surface area contributed by atoms with E-state index in [4.69, 9.17) is 0 Å². The Hall–Kier alpha value is -2.57. The number of ether oxygens (including phenoxy) is 2. The number of anilines is 2. The molecule has 7 nitrogen and oxygen atoms in total. The van der Waals surface area contributed by atoms with Gasteiger partial charge >= 0.3 is 11.9 Å². The van der Waals surface area contributed by atoms with Crippen LogP contribution < -0.4 is 10.6 Å². The summed E-state index contributed by atoms with van der Waals surface area (Å²) in [4.78, 5) is 35.0. The van der Waals surface area contributed by atoms with E-state index in [-0.39, 0.29) is 5.91 Å². The van der Waals surface area contributed by atoms with E-state index in [1.165, 1.54) is 28.1 Å². The van der Waals surface area contributed by atoms with Gasteiger partial charge in [0.25, 0.3) is 0 Å². The van der Waals surface area contributed by atoms with Crippen molar-refractivity contribution in [1.29, 1.82) is 0 Å². The van der Waals surface area contributed by atoms with Gasteiger partial charge in [0.2, 0.25) is 11.4 Å². The molecule has 0 spiro atoms. The highest BCUT2D eigenvalue weighted by molar-refractivity contribution is 6.08. The number of carbonyl (C=O) groups excluding carboxylic acids is 3. The lowest BCUT2D eigenvalue weighted by molar-refractivity contribution is -0.158. The second-order valence-corrected chi connectivity index (χ2v) is 4.46. The summed E-state index contributed by atoms with van der Waals surface area (Å²) in [5.74, 6) is -1.87. The maximum Gasteiger partial charge on any atom is 0.343 e. The maximum atomic E-state index is 11.9. The van der Waals surface area contributed by atoms with E-state index < -0.39 is 17.5 Å². The van der Waals surface area contributed by atoms with Gasteiger partial charge in [-0.1, -0.05) is 12.1 Å². The van der Waals surface area contributed by atoms with Crippen molar-refractivity contribution in [2.75, 3.05) is 24.9 Å². The Labute approximate surface area is 122 Å². The van der Waals surface area contributed by atoms with Crippen molar-refractivity contribution in [2.45, 2.75) is 19.4 Å². The van der Waals surface area contributed by atoms with E-state index in [9.17, 15) is 14.4 Å². The van der Waals surface area contributed by atoms with Gasteiger partial charge in [0.1, 0.15) is 0 Å². The first-order valence-electron chi connectivity index (χ1n) is 6.16. The van der Waals surface area contributed by atoms with Crippen LogP contribution in [-0.4, -0.2) is 37.6 Å². The number of amides is 1. The first-order valence-corrected chi connectivity index (χ1v) is 6.16. The SMILES string of the molecule is COC(=O)C(C)(Nc1ccccc1NC(C)=O)C(=O)OC. The van der Waals surface area contributed by atoms with Crippen LogP contribution in [0.4, 0.5) is 11.4 Å². The number of esters is 2. The fourth-order valence-corrected chi connectivity index (χ4v) is 1.75. The molecule has 0 heterocycles. The topological polar surface area (TPSA) is 93.7 Å². The third-order valence-electron chi connectivity index (χ3n) is 2.81. The van der Waals surface area contributed by atoms with E-state index in [0.29, 0.717) is 11.4 Å². The molecule has 0 radical (unpaired) electrons. The van der Waals surface area contributed by atoms with Crippen LogP contribution in [0.1, 0.15) is 13.8 Å². The average Bonchev–Trinajstić information content (AvgIpc) is 2.46. The van der Waals surface area contributed by atoms with Gasteiger partial charge < -0.3 is 20.1 Å². The van der Waals surface area contributed by atoms with Gasteiger partial charge in [-0.3, -0.25) is 4.79 Å². The second-order valence-electron chi connectivity index (χ2n) is 4.46. The van der Waals surface area contributed by atoms with Gasteiger partial charge in [0.05, 0.1) is 25.6 Å². The highest BCUT2D eigenvalue weighted by atomic mass is 16.5. The molecule has 21 heavy (non-hydrogen) atoms. The second kappa shape index (κ2) is 6.74. The Morgan fingerprint density at radius 3 is 1.90 bits per heavy atom. The maximum absolute atomic E-state index is 11.9. The molecule has 114 valence electrons. The van der Waals surface area contributed by atoms with E-state index in [0.717, 1.165) is 0 Å². The van der Waals surface area contributed by atoms with Gasteiger partial charge in [-0.25, -0.2) is 9.59 Å². The van der Waals surface area contributed by atoms with Crippen LogP contribution in [0.3, 0.4) is 0 Å². The van der Waals surface area contributed by atoms with Gasteiger partial charge in [-0.15, -0.1) is 0 Å². The Balaban J connectivity index is 3.18. The fraction of sp³-hybridized carbons (Fsp3) is 0.357. The normalized spacial score (nSPS) is 10.5. The van der Waals surface area contributed by atoms with Crippen LogP contribution in [0.5, 0.6) is 0 Å². The third kappa shape index (κ3) is 3.71. The lowest BCUT2D eigenvalue weighted by Gasteiger charge is -2.27. The molecule has 0 saturated carbocycles. The number of hydrogen-bond donors (Lipinski definition) is 2. The quantitative estimate of drug-likeness (QED) is 0.625. The van der Waals surface area contributed by atoms with E-state index in [2.05, 4.69) is 20.1 Å². The monoisotopic (exact) mass is 294 g/mol. The van der Waals surface area contributed by atoms with Crippen molar-refractivity contribution in [2.24, 2.45) is 0 Å². The van der Waals surface area contributed by atoms with Crippen LogP contribution in [0.15, 0.2) is 24.3 Å². The zero-order valence-corrected chi connectivity index (χ0v) is 12.4. The summed E-state index contributed by atoms with van der Waals surface area (Å²) >= 11 is 0. The number of nitrogens with one attached hydrogen (secondary N) is 2. The van der Waals surface area contributed by atoms with Crippen LogP contribution in [0, 0.1) is 0 Å². The summed E-state index contributed by atoms with van der Waals surface area (Å²) in [6, 6.07) is 6.67. The standard InChI is InChI=1S/C14H18N2O5/c1-9(17)15-10-7-5-6-8-11(10)16-14(2,12(18)20-3)13(19)21-4/h5-8,16H,1-4H3,(H,15,17). The molecule has 7 heteroatoms. The molecule has 0 aromatic heterocycles. The Morgan fingerprint density at radius 2 is 1.48 bits per heavy atom. The summed E-state index contributed by atoms with van der Waals surface area (Å²) in [5, 5.41) is 5.37. The Morgan fingerprint density at radius 1 is 1.00 bits per heavy atom. The molecule has 1 aromatic rings. The van der Waals surface area contributed by atoms with Gasteiger partial charge in [-0.2, -0.15) is 0 Å². The first-order chi connectivity index (χ1) is 9.85. The number of carbonyl (C=O) groups is 3. The number of rotatable bonds is 5. The summed E-state index contributed by atoms with van der Waals surface area (Å²) in [5.41, 5.74) is -0.895. The molecule has 0 saturated heterocycles. The molecule has 1 rings (SSSR count). The molecule has 0 fully saturated rings. The molecular weight excluding hydrogens is 276 g/mol. The summed E-state index contributed by atoms with van der Waals surface area (Å²) in [7, 11) is 2.34. The average molecular weight is 294 g/mol. The predicted octanol–water partition coefficient (Wildman–Crippen LogP) is 1.16. The van der Waals surface area contributed by atoms with Gasteiger partial charge in [-0.05, 0) is 19.1 Å². The van der Waals surface area contributed by atoms with Crippen molar-refractivity contribution >= 4 is 29.2 Å². The largest absolute Gasteiger partial charge is 0.467 e. The molecule has 0 atom stereocenters. The number of para-hydroxylation sites is 2. The first kappa shape index (κ1) is 16.5. The molecule has 0 aliphatic carbocycles. The molecule has 0 bridgehead atoms. The number of methoxy groups -OCH3 is 2. The van der Waals surface area contributed by atoms with Crippen LogP contribution in [0.25, 0.3) is 0 Å². The highest BCUT2D eigenvalue weighted by Gasteiger charge is 2.44. The number of benzene rings is 1. The summed E-state index contributed by atoms with van der Waals surface area (Å²) < 4.78 is 9.28. The zero-order chi connectivity index (χ0) is 16.0. The van der Waals surface area contributed by atoms with Gasteiger partial charge in [0.15, 0.2) is 0 Å². The van der Waals surface area contributed by atoms with Crippen molar-refractivity contribution in [3.8, 4) is 0 Å². The minimum atomic E-state index is -1.72. The van der Waals surface area contributed by atoms with Crippen molar-refractivity contribution in [3.05, 3.63) is 24.3 Å². The van der Waals surface area contributed by atoms with E-state index in [1.807, 2.05) is 0 Å². The fourth-order valence-electron chi connectivity index (χ4n) is 1.75. The molecule has 1 aromatic carbocycles. The van der Waals surface area contributed by atoms with Crippen molar-refractivity contribution < 1.29 is 23.9 Å². The molecule has 2 N–H and O–H groups in total. The minimum Gasteiger partial charge on any atom is -0.467 e. The van der Waals surface area contributed by atoms with Crippen molar-refractivity contribution in [3.63, 3.8) is 0 Å². The Bertz CT molecular complexity index is 540. The lowest BCUT2D eigenvalue weighted by Crippen LogP contribution is -2.52. The minimum absolute atomic E-state index is 0.276. The molecular formula is C14H18N2O5. The van der Waals surface area contributed by atoms with E-state index >= 15 is 0 Å². The van der Waals surface area contributed by atoms with Crippen LogP contribution in [-0.2, 0) is 23.9 Å². The highest BCUT2D eigenvalue weighted by Crippen LogP contribution is 2.26. The van der Waals surface area contributed by atoms with Crippen LogP contribution in [0.2, 0.25) is 0 Å². The third-order valence-corrected chi connectivity index (χ3v) is 2.81. The summed E-state index contributed by atoms with van der Waals surface area (Å²) in [6.07, 6.45) is 0. The van der Waals surface area contributed by atoms with Crippen LogP contribution >= 0.6 is 0 Å². The molecule has 0 aliphatic rings. The predicted molar refractivity (Wildman–Crippen MR) is 76.8 cm³/mol. The summed E-state index contributed by atoms with van der Waals surface area (Å²) in [6.45, 7) is 2.70. The molecule has 0 aliphatic heterocycles. The Kier molecular flexibility index (Phi) is 5.29. The zero-order valence-electron chi connectivity index (χ0n) is 12.4. The lowest BCUT2D eigenvalue weighted by atomic mass is 10.0. The smallest absolute Gasteiger partial charge is 0.343 e. The van der Waals surface area contributed by atoms with E-state index in [1.54, 1.807) is 24.3 Å².